The van der Waals surface area contributed by atoms with Crippen molar-refractivity contribution in [3.63, 3.8) is 0 Å². The van der Waals surface area contributed by atoms with E-state index in [0.717, 1.165) is 0 Å². The molecule has 23 heavy (non-hydrogen) atoms. The Morgan fingerprint density at radius 2 is 2.00 bits per heavy atom. The maximum Gasteiger partial charge on any atom is 0.421 e. The fraction of sp³-hybridized carbons (Fsp3) is 0.462. The third-order valence-corrected chi connectivity index (χ3v) is 3.29. The lowest BCUT2D eigenvalue weighted by Gasteiger charge is -2.12. The summed E-state index contributed by atoms with van der Waals surface area (Å²) in [7, 11) is 1.36. The van der Waals surface area contributed by atoms with Gasteiger partial charge in [-0.1, -0.05) is 25.4 Å². The van der Waals surface area contributed by atoms with Crippen LogP contribution in [-0.4, -0.2) is 26.8 Å². The first-order chi connectivity index (χ1) is 10.7. The molecule has 0 spiro atoms. The summed E-state index contributed by atoms with van der Waals surface area (Å²) in [5.41, 5.74) is -0.513. The molecule has 0 saturated carbocycles. The quantitative estimate of drug-likeness (QED) is 0.860. The Labute approximate surface area is 136 Å². The molecule has 126 valence electrons. The third kappa shape index (κ3) is 4.04. The number of halogens is 4. The normalized spacial score (nSPS) is 11.8. The molecular formula is C13H16ClF3N6. The molecule has 0 radical (unpaired) electrons. The number of hydrogen-bond acceptors (Lipinski definition) is 5. The standard InChI is InChI=1S/C13H16ClF3N6/c1-7(2)6-23-10(14)9(5-20-23)21-12-19-4-8(13(15,16)17)11(18-3)22-12/h4-5,7H,6H2,1-3H3,(H2,18,19,21,22). The monoisotopic (exact) mass is 348 g/mol. The van der Waals surface area contributed by atoms with Gasteiger partial charge < -0.3 is 10.6 Å². The molecule has 0 amide bonds. The molecule has 0 unspecified atom stereocenters. The van der Waals surface area contributed by atoms with E-state index in [2.05, 4.69) is 25.7 Å². The predicted molar refractivity (Wildman–Crippen MR) is 81.9 cm³/mol. The average Bonchev–Trinajstić information content (AvgIpc) is 2.78. The molecule has 0 aromatic carbocycles. The summed E-state index contributed by atoms with van der Waals surface area (Å²) in [6.07, 6.45) is -2.34. The minimum absolute atomic E-state index is 0.00616. The number of rotatable bonds is 5. The van der Waals surface area contributed by atoms with Gasteiger partial charge in [-0.05, 0) is 5.92 Å². The summed E-state index contributed by atoms with van der Waals surface area (Å²) >= 11 is 6.18. The maximum absolute atomic E-state index is 12.8. The van der Waals surface area contributed by atoms with Gasteiger partial charge in [0.15, 0.2) is 5.15 Å². The molecule has 0 aliphatic carbocycles. The van der Waals surface area contributed by atoms with Crippen molar-refractivity contribution in [2.75, 3.05) is 17.7 Å². The van der Waals surface area contributed by atoms with Crippen LogP contribution in [-0.2, 0) is 12.7 Å². The molecule has 0 saturated heterocycles. The number of nitrogens with zero attached hydrogens (tertiary/aromatic N) is 4. The molecule has 0 atom stereocenters. The Hall–Kier alpha value is -2.03. The second-order valence-electron chi connectivity index (χ2n) is 5.25. The van der Waals surface area contributed by atoms with Gasteiger partial charge in [0.2, 0.25) is 5.95 Å². The van der Waals surface area contributed by atoms with Crippen molar-refractivity contribution in [2.24, 2.45) is 5.92 Å². The number of aromatic nitrogens is 4. The number of alkyl halides is 3. The molecule has 10 heteroatoms. The summed E-state index contributed by atoms with van der Waals surface area (Å²) in [6.45, 7) is 4.66. The van der Waals surface area contributed by atoms with E-state index in [-0.39, 0.29) is 11.8 Å². The second kappa shape index (κ2) is 6.61. The zero-order chi connectivity index (χ0) is 17.2. The molecule has 2 aromatic rings. The summed E-state index contributed by atoms with van der Waals surface area (Å²) in [5.74, 6) is 0.0208. The van der Waals surface area contributed by atoms with Crippen molar-refractivity contribution in [3.8, 4) is 0 Å². The fourth-order valence-electron chi connectivity index (χ4n) is 1.89. The Morgan fingerprint density at radius 1 is 1.30 bits per heavy atom. The van der Waals surface area contributed by atoms with Gasteiger partial charge in [0.1, 0.15) is 11.4 Å². The maximum atomic E-state index is 12.8. The molecule has 0 aliphatic heterocycles. The first kappa shape index (κ1) is 17.3. The van der Waals surface area contributed by atoms with Gasteiger partial charge in [-0.25, -0.2) is 4.98 Å². The van der Waals surface area contributed by atoms with Crippen LogP contribution in [0.3, 0.4) is 0 Å². The third-order valence-electron chi connectivity index (χ3n) is 2.89. The highest BCUT2D eigenvalue weighted by atomic mass is 35.5. The summed E-state index contributed by atoms with van der Waals surface area (Å²) in [4.78, 5) is 7.50. The van der Waals surface area contributed by atoms with Gasteiger partial charge in [0.25, 0.3) is 0 Å². The van der Waals surface area contributed by atoms with E-state index < -0.39 is 11.7 Å². The molecule has 0 aliphatic rings. The zero-order valence-electron chi connectivity index (χ0n) is 12.7. The van der Waals surface area contributed by atoms with Crippen molar-refractivity contribution in [2.45, 2.75) is 26.6 Å². The Bertz CT molecular complexity index is 683. The zero-order valence-corrected chi connectivity index (χ0v) is 13.5. The summed E-state index contributed by atoms with van der Waals surface area (Å²) in [6, 6.07) is 0. The van der Waals surface area contributed by atoms with Crippen LogP contribution in [0.5, 0.6) is 0 Å². The first-order valence-corrected chi connectivity index (χ1v) is 7.20. The molecule has 2 aromatic heterocycles. The van der Waals surface area contributed by atoms with E-state index in [1.165, 1.54) is 13.2 Å². The van der Waals surface area contributed by atoms with Gasteiger partial charge in [-0.3, -0.25) is 4.68 Å². The van der Waals surface area contributed by atoms with E-state index in [9.17, 15) is 13.2 Å². The Kier molecular flexibility index (Phi) is 4.98. The lowest BCUT2D eigenvalue weighted by Crippen LogP contribution is -2.12. The predicted octanol–water partition coefficient (Wildman–Crippen LogP) is 3.79. The number of nitrogens with one attached hydrogen (secondary N) is 2. The van der Waals surface area contributed by atoms with E-state index >= 15 is 0 Å². The van der Waals surface area contributed by atoms with Gasteiger partial charge >= 0.3 is 6.18 Å². The first-order valence-electron chi connectivity index (χ1n) is 6.82. The van der Waals surface area contributed by atoms with Crippen LogP contribution >= 0.6 is 11.6 Å². The number of hydrogen-bond donors (Lipinski definition) is 2. The lowest BCUT2D eigenvalue weighted by atomic mass is 10.2. The smallest absolute Gasteiger partial charge is 0.372 e. The molecule has 2 rings (SSSR count). The van der Waals surface area contributed by atoms with Crippen LogP contribution in [0.25, 0.3) is 0 Å². The highest BCUT2D eigenvalue weighted by Gasteiger charge is 2.35. The van der Waals surface area contributed by atoms with Gasteiger partial charge in [0, 0.05) is 19.8 Å². The average molecular weight is 349 g/mol. The van der Waals surface area contributed by atoms with Crippen molar-refractivity contribution in [1.82, 2.24) is 19.7 Å². The number of anilines is 3. The van der Waals surface area contributed by atoms with Crippen LogP contribution in [0.15, 0.2) is 12.4 Å². The molecular weight excluding hydrogens is 333 g/mol. The van der Waals surface area contributed by atoms with Crippen molar-refractivity contribution < 1.29 is 13.2 Å². The molecule has 2 heterocycles. The van der Waals surface area contributed by atoms with Crippen molar-refractivity contribution in [1.29, 1.82) is 0 Å². The highest BCUT2D eigenvalue weighted by molar-refractivity contribution is 6.32. The molecule has 0 bridgehead atoms. The van der Waals surface area contributed by atoms with E-state index in [4.69, 9.17) is 11.6 Å². The summed E-state index contributed by atoms with van der Waals surface area (Å²) in [5, 5.41) is 9.65. The van der Waals surface area contributed by atoms with Crippen LogP contribution < -0.4 is 10.6 Å². The molecule has 0 fully saturated rings. The summed E-state index contributed by atoms with van der Waals surface area (Å²) < 4.78 is 40.0. The second-order valence-corrected chi connectivity index (χ2v) is 5.61. The van der Waals surface area contributed by atoms with Crippen LogP contribution in [0.1, 0.15) is 19.4 Å². The minimum Gasteiger partial charge on any atom is -0.372 e. The highest BCUT2D eigenvalue weighted by Crippen LogP contribution is 2.34. The minimum atomic E-state index is -4.53. The lowest BCUT2D eigenvalue weighted by molar-refractivity contribution is -0.137. The Morgan fingerprint density at radius 3 is 2.57 bits per heavy atom. The van der Waals surface area contributed by atoms with Gasteiger partial charge in [0.05, 0.1) is 11.9 Å². The van der Waals surface area contributed by atoms with Gasteiger partial charge in [-0.15, -0.1) is 0 Å². The Balaban J connectivity index is 2.26. The largest absolute Gasteiger partial charge is 0.421 e. The van der Waals surface area contributed by atoms with Gasteiger partial charge in [-0.2, -0.15) is 23.3 Å². The van der Waals surface area contributed by atoms with E-state index in [1.807, 2.05) is 13.8 Å². The van der Waals surface area contributed by atoms with Crippen molar-refractivity contribution in [3.05, 3.63) is 23.1 Å². The van der Waals surface area contributed by atoms with Crippen LogP contribution in [0, 0.1) is 5.92 Å². The van der Waals surface area contributed by atoms with Crippen LogP contribution in [0.2, 0.25) is 5.15 Å². The SMILES string of the molecule is CNc1nc(Nc2cnn(CC(C)C)c2Cl)ncc1C(F)(F)F. The van der Waals surface area contributed by atoms with E-state index in [0.29, 0.717) is 29.5 Å². The van der Waals surface area contributed by atoms with E-state index in [1.54, 1.807) is 4.68 Å². The molecule has 6 nitrogen and oxygen atoms in total. The van der Waals surface area contributed by atoms with Crippen molar-refractivity contribution >= 4 is 29.1 Å². The molecule has 2 N–H and O–H groups in total. The fourth-order valence-corrected chi connectivity index (χ4v) is 2.10. The van der Waals surface area contributed by atoms with Crippen LogP contribution in [0.4, 0.5) is 30.6 Å². The topological polar surface area (TPSA) is 67.7 Å².